The fourth-order valence-electron chi connectivity index (χ4n) is 2.30. The fourth-order valence-corrected chi connectivity index (χ4v) is 3.04. The number of hydrogen-bond acceptors (Lipinski definition) is 2. The van der Waals surface area contributed by atoms with Crippen molar-refractivity contribution in [2.24, 2.45) is 5.73 Å². The topological polar surface area (TPSA) is 43.8 Å². The Morgan fingerprint density at radius 2 is 2.11 bits per heavy atom. The van der Waals surface area contributed by atoms with Gasteiger partial charge in [-0.1, -0.05) is 41.1 Å². The van der Waals surface area contributed by atoms with E-state index in [1.165, 1.54) is 0 Å². The number of rotatable bonds is 5. The molecule has 2 rings (SSSR count). The maximum Gasteiger partial charge on any atom is 0.110 e. The normalized spacial score (nSPS) is 14.3. The van der Waals surface area contributed by atoms with Gasteiger partial charge in [-0.25, -0.2) is 4.98 Å². The number of nitrogens with two attached hydrogens (primary N) is 1. The van der Waals surface area contributed by atoms with Gasteiger partial charge in [-0.2, -0.15) is 0 Å². The van der Waals surface area contributed by atoms with E-state index in [1.807, 2.05) is 30.6 Å². The summed E-state index contributed by atoms with van der Waals surface area (Å²) >= 11 is 3.58. The van der Waals surface area contributed by atoms with Gasteiger partial charge < -0.3 is 10.3 Å². The number of nitrogens with zero attached hydrogens (tertiary/aromatic N) is 2. The van der Waals surface area contributed by atoms with E-state index >= 15 is 0 Å². The van der Waals surface area contributed by atoms with Gasteiger partial charge in [0, 0.05) is 35.4 Å². The Morgan fingerprint density at radius 3 is 2.79 bits per heavy atom. The molecule has 2 N–H and O–H groups in total. The Kier molecular flexibility index (Phi) is 4.42. The summed E-state index contributed by atoms with van der Waals surface area (Å²) in [5.41, 5.74) is 7.19. The summed E-state index contributed by atoms with van der Waals surface area (Å²) in [6.45, 7) is 5.21. The second-order valence-corrected chi connectivity index (χ2v) is 5.97. The van der Waals surface area contributed by atoms with Crippen LogP contribution in [-0.4, -0.2) is 9.55 Å². The minimum absolute atomic E-state index is 0.434. The highest BCUT2D eigenvalue weighted by Gasteiger charge is 2.25. The maximum absolute atomic E-state index is 6.51. The van der Waals surface area contributed by atoms with Gasteiger partial charge in [0.1, 0.15) is 5.82 Å². The van der Waals surface area contributed by atoms with Crippen LogP contribution in [0.4, 0.5) is 0 Å². The highest BCUT2D eigenvalue weighted by molar-refractivity contribution is 9.10. The highest BCUT2D eigenvalue weighted by atomic mass is 79.9. The van der Waals surface area contributed by atoms with Crippen LogP contribution in [0, 0.1) is 0 Å². The van der Waals surface area contributed by atoms with Gasteiger partial charge in [-0.15, -0.1) is 0 Å². The minimum atomic E-state index is -0.434. The molecule has 3 nitrogen and oxygen atoms in total. The molecule has 1 heterocycles. The number of halogens is 1. The first-order valence-corrected chi connectivity index (χ1v) is 7.38. The lowest BCUT2D eigenvalue weighted by Crippen LogP contribution is -2.36. The Labute approximate surface area is 123 Å². The van der Waals surface area contributed by atoms with Gasteiger partial charge >= 0.3 is 0 Å². The summed E-state index contributed by atoms with van der Waals surface area (Å²) in [5.74, 6) is 1.04. The van der Waals surface area contributed by atoms with Crippen molar-refractivity contribution < 1.29 is 0 Å². The molecular weight excluding hydrogens is 302 g/mol. The van der Waals surface area contributed by atoms with Crippen molar-refractivity contribution in [1.82, 2.24) is 9.55 Å². The molecule has 0 aliphatic rings. The average molecular weight is 322 g/mol. The van der Waals surface area contributed by atoms with Gasteiger partial charge in [-0.05, 0) is 25.0 Å². The molecule has 0 saturated carbocycles. The standard InChI is InChI=1S/C15H20BrN3/c1-3-9-19-10-8-18-14(19)11-15(2,17)12-6-4-5-7-13(12)16/h4-8,10H,3,9,11,17H2,1-2H3. The van der Waals surface area contributed by atoms with E-state index in [9.17, 15) is 0 Å². The zero-order valence-corrected chi connectivity index (χ0v) is 13.0. The Morgan fingerprint density at radius 1 is 1.37 bits per heavy atom. The van der Waals surface area contributed by atoms with Gasteiger partial charge in [-0.3, -0.25) is 0 Å². The Bertz CT molecular complexity index is 546. The second kappa shape index (κ2) is 5.88. The van der Waals surface area contributed by atoms with Gasteiger partial charge in [0.2, 0.25) is 0 Å². The fraction of sp³-hybridized carbons (Fsp3) is 0.400. The molecule has 1 aromatic heterocycles. The van der Waals surface area contributed by atoms with E-state index in [1.54, 1.807) is 0 Å². The van der Waals surface area contributed by atoms with Crippen LogP contribution in [0.3, 0.4) is 0 Å². The summed E-state index contributed by atoms with van der Waals surface area (Å²) in [6, 6.07) is 8.11. The number of aryl methyl sites for hydroxylation is 1. The van der Waals surface area contributed by atoms with Gasteiger partial charge in [0.15, 0.2) is 0 Å². The van der Waals surface area contributed by atoms with Crippen molar-refractivity contribution in [2.45, 2.75) is 38.8 Å². The zero-order chi connectivity index (χ0) is 13.9. The second-order valence-electron chi connectivity index (χ2n) is 5.11. The summed E-state index contributed by atoms with van der Waals surface area (Å²) in [4.78, 5) is 4.44. The third-order valence-electron chi connectivity index (χ3n) is 3.28. The maximum atomic E-state index is 6.51. The van der Waals surface area contributed by atoms with E-state index in [0.717, 1.165) is 35.2 Å². The lowest BCUT2D eigenvalue weighted by Gasteiger charge is -2.26. The van der Waals surface area contributed by atoms with Crippen LogP contribution >= 0.6 is 15.9 Å². The molecule has 2 aromatic rings. The minimum Gasteiger partial charge on any atom is -0.335 e. The molecule has 0 radical (unpaired) electrons. The van der Waals surface area contributed by atoms with Gasteiger partial charge in [0.05, 0.1) is 0 Å². The van der Waals surface area contributed by atoms with Crippen LogP contribution in [0.1, 0.15) is 31.7 Å². The predicted octanol–water partition coefficient (Wildman–Crippen LogP) is 3.47. The molecular formula is C15H20BrN3. The van der Waals surface area contributed by atoms with Crippen LogP contribution in [0.2, 0.25) is 0 Å². The van der Waals surface area contributed by atoms with Gasteiger partial charge in [0.25, 0.3) is 0 Å². The molecule has 0 saturated heterocycles. The highest BCUT2D eigenvalue weighted by Crippen LogP contribution is 2.28. The molecule has 102 valence electrons. The SMILES string of the molecule is CCCn1ccnc1CC(C)(N)c1ccccc1Br. The largest absolute Gasteiger partial charge is 0.335 e. The van der Waals surface area contributed by atoms with Crippen molar-refractivity contribution in [3.63, 3.8) is 0 Å². The van der Waals surface area contributed by atoms with Crippen LogP contribution in [0.5, 0.6) is 0 Å². The van der Waals surface area contributed by atoms with Crippen molar-refractivity contribution in [1.29, 1.82) is 0 Å². The van der Waals surface area contributed by atoms with Crippen LogP contribution < -0.4 is 5.73 Å². The molecule has 0 amide bonds. The average Bonchev–Trinajstić information content (AvgIpc) is 2.77. The van der Waals surface area contributed by atoms with E-state index in [4.69, 9.17) is 5.73 Å². The molecule has 0 aliphatic carbocycles. The molecule has 4 heteroatoms. The van der Waals surface area contributed by atoms with Crippen molar-refractivity contribution in [3.8, 4) is 0 Å². The first-order chi connectivity index (χ1) is 9.04. The molecule has 1 atom stereocenters. The predicted molar refractivity (Wildman–Crippen MR) is 81.9 cm³/mol. The third kappa shape index (κ3) is 3.25. The van der Waals surface area contributed by atoms with Crippen LogP contribution in [0.15, 0.2) is 41.1 Å². The first kappa shape index (κ1) is 14.3. The number of imidazole rings is 1. The summed E-state index contributed by atoms with van der Waals surface area (Å²) in [7, 11) is 0. The van der Waals surface area contributed by atoms with Crippen LogP contribution in [0.25, 0.3) is 0 Å². The van der Waals surface area contributed by atoms with E-state index < -0.39 is 5.54 Å². The number of aromatic nitrogens is 2. The van der Waals surface area contributed by atoms with Crippen molar-refractivity contribution in [3.05, 3.63) is 52.5 Å². The van der Waals surface area contributed by atoms with Crippen molar-refractivity contribution >= 4 is 15.9 Å². The summed E-state index contributed by atoms with van der Waals surface area (Å²) in [6.07, 6.45) is 5.69. The monoisotopic (exact) mass is 321 g/mol. The Hall–Kier alpha value is -1.13. The van der Waals surface area contributed by atoms with Crippen molar-refractivity contribution in [2.75, 3.05) is 0 Å². The number of benzene rings is 1. The molecule has 19 heavy (non-hydrogen) atoms. The van der Waals surface area contributed by atoms with E-state index in [2.05, 4.69) is 45.4 Å². The van der Waals surface area contributed by atoms with Crippen LogP contribution in [-0.2, 0) is 18.5 Å². The van der Waals surface area contributed by atoms with E-state index in [0.29, 0.717) is 0 Å². The smallest absolute Gasteiger partial charge is 0.110 e. The molecule has 0 aliphatic heterocycles. The molecule has 1 aromatic carbocycles. The summed E-state index contributed by atoms with van der Waals surface area (Å²) < 4.78 is 3.23. The molecule has 0 fully saturated rings. The third-order valence-corrected chi connectivity index (χ3v) is 3.97. The lowest BCUT2D eigenvalue weighted by molar-refractivity contribution is 0.460. The zero-order valence-electron chi connectivity index (χ0n) is 11.4. The lowest BCUT2D eigenvalue weighted by atomic mass is 9.89. The molecule has 0 bridgehead atoms. The quantitative estimate of drug-likeness (QED) is 0.916. The summed E-state index contributed by atoms with van der Waals surface area (Å²) in [5, 5.41) is 0. The number of hydrogen-bond donors (Lipinski definition) is 1. The Balaban J connectivity index is 2.26. The van der Waals surface area contributed by atoms with E-state index in [-0.39, 0.29) is 0 Å². The first-order valence-electron chi connectivity index (χ1n) is 6.58. The molecule has 0 spiro atoms. The molecule has 1 unspecified atom stereocenters.